The molecule has 0 N–H and O–H groups in total. The van der Waals surface area contributed by atoms with Crippen LogP contribution in [0.3, 0.4) is 0 Å². The fourth-order valence-electron chi connectivity index (χ4n) is 1.63. The van der Waals surface area contributed by atoms with Gasteiger partial charge < -0.3 is 5.11 Å². The van der Waals surface area contributed by atoms with Crippen LogP contribution in [0.1, 0.15) is 13.8 Å². The zero-order chi connectivity index (χ0) is 11.9. The SMILES string of the molecule is CC(C)N1C([O-])=c2ccccc2=NS1(=O)=O. The summed E-state index contributed by atoms with van der Waals surface area (Å²) in [5.41, 5.74) is 0. The molecule has 5 nitrogen and oxygen atoms in total. The second-order valence-corrected chi connectivity index (χ2v) is 5.25. The minimum absolute atomic E-state index is 0.212. The Hall–Kier alpha value is -1.56. The molecule has 1 aromatic carbocycles. The topological polar surface area (TPSA) is 72.8 Å². The Kier molecular flexibility index (Phi) is 2.38. The van der Waals surface area contributed by atoms with Gasteiger partial charge in [0.05, 0.1) is 5.36 Å². The molecule has 0 atom stereocenters. The molecule has 0 saturated carbocycles. The summed E-state index contributed by atoms with van der Waals surface area (Å²) in [7, 11) is -3.88. The highest BCUT2D eigenvalue weighted by Crippen LogP contribution is 2.13. The predicted molar refractivity (Wildman–Crippen MR) is 56.5 cm³/mol. The number of benzene rings is 1. The third-order valence-corrected chi connectivity index (χ3v) is 3.78. The van der Waals surface area contributed by atoms with Crippen molar-refractivity contribution in [2.45, 2.75) is 19.9 Å². The number of rotatable bonds is 1. The summed E-state index contributed by atoms with van der Waals surface area (Å²) < 4.78 is 27.9. The van der Waals surface area contributed by atoms with E-state index >= 15 is 0 Å². The van der Waals surface area contributed by atoms with Crippen molar-refractivity contribution >= 4 is 16.1 Å². The third kappa shape index (κ3) is 1.55. The highest BCUT2D eigenvalue weighted by atomic mass is 32.2. The molecule has 1 aliphatic heterocycles. The van der Waals surface area contributed by atoms with Gasteiger partial charge in [-0.15, -0.1) is 4.40 Å². The van der Waals surface area contributed by atoms with E-state index in [2.05, 4.69) is 4.40 Å². The number of fused-ring (bicyclic) bond motifs is 1. The van der Waals surface area contributed by atoms with Gasteiger partial charge in [0.25, 0.3) is 0 Å². The first-order valence-electron chi connectivity index (χ1n) is 4.84. The van der Waals surface area contributed by atoms with E-state index in [0.717, 1.165) is 4.31 Å². The van der Waals surface area contributed by atoms with Gasteiger partial charge in [-0.3, -0.25) is 4.31 Å². The van der Waals surface area contributed by atoms with Gasteiger partial charge in [-0.05, 0) is 25.8 Å². The summed E-state index contributed by atoms with van der Waals surface area (Å²) in [5.74, 6) is -0.513. The number of nitrogens with zero attached hydrogens (tertiary/aromatic N) is 2. The van der Waals surface area contributed by atoms with Crippen molar-refractivity contribution in [3.8, 4) is 0 Å². The van der Waals surface area contributed by atoms with Gasteiger partial charge in [0.2, 0.25) is 0 Å². The molecule has 0 fully saturated rings. The van der Waals surface area contributed by atoms with Crippen LogP contribution in [-0.2, 0) is 10.2 Å². The molecule has 16 heavy (non-hydrogen) atoms. The zero-order valence-electron chi connectivity index (χ0n) is 8.91. The fourth-order valence-corrected chi connectivity index (χ4v) is 2.96. The molecule has 0 saturated heterocycles. The van der Waals surface area contributed by atoms with Gasteiger partial charge in [0, 0.05) is 11.3 Å². The largest absolute Gasteiger partial charge is 0.859 e. The van der Waals surface area contributed by atoms with E-state index in [9.17, 15) is 13.5 Å². The lowest BCUT2D eigenvalue weighted by Crippen LogP contribution is -2.49. The third-order valence-electron chi connectivity index (χ3n) is 2.27. The predicted octanol–water partition coefficient (Wildman–Crippen LogP) is -1.30. The van der Waals surface area contributed by atoms with E-state index in [4.69, 9.17) is 0 Å². The molecular formula is C10H11N2O3S-. The Morgan fingerprint density at radius 1 is 1.31 bits per heavy atom. The Morgan fingerprint density at radius 3 is 2.56 bits per heavy atom. The summed E-state index contributed by atoms with van der Waals surface area (Å²) in [6, 6.07) is 5.99. The number of hydrogen-bond acceptors (Lipinski definition) is 3. The lowest BCUT2D eigenvalue weighted by molar-refractivity contribution is -0.267. The van der Waals surface area contributed by atoms with E-state index in [0.29, 0.717) is 5.22 Å². The van der Waals surface area contributed by atoms with E-state index in [1.165, 1.54) is 6.07 Å². The quantitative estimate of drug-likeness (QED) is 0.611. The molecule has 0 aromatic heterocycles. The Balaban J connectivity index is 2.88. The Morgan fingerprint density at radius 2 is 1.94 bits per heavy atom. The Labute approximate surface area is 93.5 Å². The normalized spacial score (nSPS) is 18.2. The van der Waals surface area contributed by atoms with Gasteiger partial charge in [-0.25, -0.2) is 0 Å². The van der Waals surface area contributed by atoms with Crippen molar-refractivity contribution in [1.29, 1.82) is 0 Å². The smallest absolute Gasteiger partial charge is 0.344 e. The van der Waals surface area contributed by atoms with Crippen LogP contribution in [0.15, 0.2) is 28.7 Å². The lowest BCUT2D eigenvalue weighted by Gasteiger charge is -2.33. The molecule has 0 spiro atoms. The van der Waals surface area contributed by atoms with Crippen LogP contribution in [0, 0.1) is 0 Å². The number of hydrogen-bond donors (Lipinski definition) is 0. The molecule has 86 valence electrons. The maximum atomic E-state index is 12.0. The molecule has 6 heteroatoms. The highest BCUT2D eigenvalue weighted by molar-refractivity contribution is 7.88. The van der Waals surface area contributed by atoms with Crippen LogP contribution >= 0.6 is 0 Å². The molecule has 1 aliphatic rings. The molecule has 1 aromatic rings. The summed E-state index contributed by atoms with van der Waals surface area (Å²) in [6.45, 7) is 3.28. The van der Waals surface area contributed by atoms with Gasteiger partial charge in [-0.1, -0.05) is 18.2 Å². The van der Waals surface area contributed by atoms with Crippen molar-refractivity contribution < 1.29 is 13.5 Å². The van der Waals surface area contributed by atoms with Gasteiger partial charge >= 0.3 is 10.2 Å². The van der Waals surface area contributed by atoms with E-state index < -0.39 is 22.1 Å². The average molecular weight is 239 g/mol. The molecule has 0 aliphatic carbocycles. The zero-order valence-corrected chi connectivity index (χ0v) is 9.73. The minimum atomic E-state index is -3.88. The van der Waals surface area contributed by atoms with Gasteiger partial charge in [0.15, 0.2) is 0 Å². The van der Waals surface area contributed by atoms with E-state index in [-0.39, 0.29) is 5.36 Å². The Bertz CT molecular complexity index is 634. The van der Waals surface area contributed by atoms with E-state index in [1.54, 1.807) is 32.0 Å². The molecule has 0 unspecified atom stereocenters. The molecule has 0 radical (unpaired) electrons. The molecular weight excluding hydrogens is 228 g/mol. The molecule has 0 amide bonds. The molecule has 1 heterocycles. The van der Waals surface area contributed by atoms with Gasteiger partial charge in [0.1, 0.15) is 0 Å². The highest BCUT2D eigenvalue weighted by Gasteiger charge is 2.25. The van der Waals surface area contributed by atoms with Crippen LogP contribution in [0.25, 0.3) is 5.88 Å². The van der Waals surface area contributed by atoms with E-state index in [1.807, 2.05) is 0 Å². The first-order valence-corrected chi connectivity index (χ1v) is 6.24. The van der Waals surface area contributed by atoms with Crippen molar-refractivity contribution in [2.75, 3.05) is 0 Å². The van der Waals surface area contributed by atoms with Crippen LogP contribution in [-0.4, -0.2) is 18.8 Å². The van der Waals surface area contributed by atoms with Crippen molar-refractivity contribution in [3.05, 3.63) is 34.8 Å². The summed E-state index contributed by atoms with van der Waals surface area (Å²) in [5, 5.41) is 12.5. The van der Waals surface area contributed by atoms with Gasteiger partial charge in [-0.2, -0.15) is 8.42 Å². The second-order valence-electron chi connectivity index (χ2n) is 3.78. The maximum Gasteiger partial charge on any atom is 0.344 e. The van der Waals surface area contributed by atoms with Crippen molar-refractivity contribution in [3.63, 3.8) is 0 Å². The second kappa shape index (κ2) is 3.48. The molecule has 2 rings (SSSR count). The van der Waals surface area contributed by atoms with Crippen LogP contribution < -0.4 is 15.7 Å². The summed E-state index contributed by atoms with van der Waals surface area (Å²) in [6.07, 6.45) is 0. The minimum Gasteiger partial charge on any atom is -0.859 e. The summed E-state index contributed by atoms with van der Waals surface area (Å²) in [4.78, 5) is 0. The fraction of sp³-hybridized carbons (Fsp3) is 0.300. The molecule has 0 bridgehead atoms. The monoisotopic (exact) mass is 239 g/mol. The van der Waals surface area contributed by atoms with Crippen molar-refractivity contribution in [2.24, 2.45) is 4.40 Å². The van der Waals surface area contributed by atoms with Crippen LogP contribution in [0.5, 0.6) is 0 Å². The first kappa shape index (κ1) is 10.9. The maximum absolute atomic E-state index is 12.0. The van der Waals surface area contributed by atoms with Crippen molar-refractivity contribution in [1.82, 2.24) is 4.31 Å². The average Bonchev–Trinajstić information content (AvgIpc) is 2.15. The first-order chi connectivity index (χ1) is 7.43. The van der Waals surface area contributed by atoms with Crippen LogP contribution in [0.4, 0.5) is 0 Å². The lowest BCUT2D eigenvalue weighted by atomic mass is 10.3. The summed E-state index contributed by atoms with van der Waals surface area (Å²) >= 11 is 0. The van der Waals surface area contributed by atoms with Crippen LogP contribution in [0.2, 0.25) is 0 Å². The standard InChI is InChI=1S/C10H12N2O3S/c1-7(2)12-10(13)8-5-3-4-6-9(8)11-16(12,14)15/h3-7,13H,1-2H3/p-1.